The summed E-state index contributed by atoms with van der Waals surface area (Å²) in [5, 5.41) is 5.71. The first-order valence-electron chi connectivity index (χ1n) is 7.76. The number of carbonyl (C=O) groups is 2. The lowest BCUT2D eigenvalue weighted by Gasteiger charge is -2.23. The molecule has 0 aromatic carbocycles. The number of amides is 2. The maximum Gasteiger partial charge on any atom is 0.271 e. The summed E-state index contributed by atoms with van der Waals surface area (Å²) in [5.41, 5.74) is 1.42. The van der Waals surface area contributed by atoms with Gasteiger partial charge in [-0.05, 0) is 19.3 Å². The Hall–Kier alpha value is -1.89. The monoisotopic (exact) mass is 308 g/mol. The van der Waals surface area contributed by atoms with E-state index in [1.165, 1.54) is 0 Å². The number of ether oxygens (including phenoxy) is 1. The molecule has 2 amide bonds. The molecule has 1 aliphatic heterocycles. The molecule has 22 heavy (non-hydrogen) atoms. The molecular weight excluding hydrogens is 284 g/mol. The maximum absolute atomic E-state index is 12.1. The normalized spacial score (nSPS) is 16.9. The van der Waals surface area contributed by atoms with E-state index in [-0.39, 0.29) is 17.7 Å². The maximum atomic E-state index is 12.1. The first kappa shape index (κ1) is 16.5. The molecule has 0 spiro atoms. The summed E-state index contributed by atoms with van der Waals surface area (Å²) in [6, 6.07) is 0. The van der Waals surface area contributed by atoms with Gasteiger partial charge in [0.2, 0.25) is 5.91 Å². The van der Waals surface area contributed by atoms with Gasteiger partial charge in [-0.1, -0.05) is 6.92 Å². The van der Waals surface area contributed by atoms with E-state index in [0.717, 1.165) is 18.5 Å². The highest BCUT2D eigenvalue weighted by atomic mass is 16.5. The van der Waals surface area contributed by atoms with Crippen LogP contribution in [0.15, 0.2) is 6.33 Å². The topological polar surface area (TPSA) is 85.2 Å². The second-order valence-electron chi connectivity index (χ2n) is 5.47. The molecule has 0 aliphatic carbocycles. The predicted molar refractivity (Wildman–Crippen MR) is 81.5 cm³/mol. The van der Waals surface area contributed by atoms with Crippen LogP contribution in [0.4, 0.5) is 0 Å². The Balaban J connectivity index is 1.96. The van der Waals surface area contributed by atoms with E-state index in [1.54, 1.807) is 13.4 Å². The molecule has 0 fully saturated rings. The van der Waals surface area contributed by atoms with E-state index < -0.39 is 0 Å². The Kier molecular flexibility index (Phi) is 5.94. The molecule has 1 unspecified atom stereocenters. The standard InChI is InChI=1S/C15H24N4O3/c1-3-6-16-15(21)13-12-5-4-11(9-19(12)10-18-13)14(20)17-7-8-22-2/h10-11H,3-9H2,1-2H3,(H,16,21)(H,17,20). The average Bonchev–Trinajstić information content (AvgIpc) is 2.95. The molecule has 2 heterocycles. The molecule has 0 saturated heterocycles. The molecule has 1 aromatic rings. The van der Waals surface area contributed by atoms with Crippen molar-refractivity contribution in [1.82, 2.24) is 20.2 Å². The van der Waals surface area contributed by atoms with Gasteiger partial charge in [0.25, 0.3) is 5.91 Å². The Morgan fingerprint density at radius 3 is 2.95 bits per heavy atom. The molecule has 122 valence electrons. The summed E-state index contributed by atoms with van der Waals surface area (Å²) < 4.78 is 6.84. The molecule has 0 saturated carbocycles. The first-order chi connectivity index (χ1) is 10.7. The Labute approximate surface area is 130 Å². The first-order valence-corrected chi connectivity index (χ1v) is 7.76. The minimum atomic E-state index is -0.126. The zero-order chi connectivity index (χ0) is 15.9. The number of imidazole rings is 1. The second kappa shape index (κ2) is 7.93. The van der Waals surface area contributed by atoms with Crippen LogP contribution in [0.5, 0.6) is 0 Å². The van der Waals surface area contributed by atoms with Gasteiger partial charge >= 0.3 is 0 Å². The van der Waals surface area contributed by atoms with E-state index in [0.29, 0.717) is 38.4 Å². The van der Waals surface area contributed by atoms with Crippen molar-refractivity contribution in [1.29, 1.82) is 0 Å². The van der Waals surface area contributed by atoms with Crippen molar-refractivity contribution in [3.8, 4) is 0 Å². The number of fused-ring (bicyclic) bond motifs is 1. The second-order valence-corrected chi connectivity index (χ2v) is 5.47. The van der Waals surface area contributed by atoms with Gasteiger partial charge in [-0.25, -0.2) is 4.98 Å². The van der Waals surface area contributed by atoms with Crippen molar-refractivity contribution in [2.75, 3.05) is 26.8 Å². The van der Waals surface area contributed by atoms with Gasteiger partial charge < -0.3 is 19.9 Å². The van der Waals surface area contributed by atoms with E-state index in [4.69, 9.17) is 4.74 Å². The van der Waals surface area contributed by atoms with E-state index in [9.17, 15) is 9.59 Å². The Morgan fingerprint density at radius 2 is 2.23 bits per heavy atom. The molecule has 7 heteroatoms. The molecule has 1 atom stereocenters. The van der Waals surface area contributed by atoms with Crippen LogP contribution in [0.2, 0.25) is 0 Å². The van der Waals surface area contributed by atoms with Gasteiger partial charge in [-0.15, -0.1) is 0 Å². The molecule has 0 radical (unpaired) electrons. The highest BCUT2D eigenvalue weighted by Crippen LogP contribution is 2.22. The summed E-state index contributed by atoms with van der Waals surface area (Å²) in [5.74, 6) is -0.169. The lowest BCUT2D eigenvalue weighted by atomic mass is 9.96. The minimum Gasteiger partial charge on any atom is -0.383 e. The Morgan fingerprint density at radius 1 is 1.41 bits per heavy atom. The predicted octanol–water partition coefficient (Wildman–Crippen LogP) is 0.348. The SMILES string of the molecule is CCCNC(=O)c1ncn2c1CCC(C(=O)NCCOC)C2. The molecule has 7 nitrogen and oxygen atoms in total. The van der Waals surface area contributed by atoms with Crippen molar-refractivity contribution in [2.24, 2.45) is 5.92 Å². The summed E-state index contributed by atoms with van der Waals surface area (Å²) in [7, 11) is 1.61. The lowest BCUT2D eigenvalue weighted by molar-refractivity contribution is -0.126. The molecule has 0 bridgehead atoms. The number of hydrogen-bond acceptors (Lipinski definition) is 4. The zero-order valence-electron chi connectivity index (χ0n) is 13.2. The van der Waals surface area contributed by atoms with Gasteiger partial charge in [-0.3, -0.25) is 9.59 Å². The summed E-state index contributed by atoms with van der Waals surface area (Å²) in [4.78, 5) is 28.4. The molecule has 2 rings (SSSR count). The van der Waals surface area contributed by atoms with Crippen LogP contribution in [0, 0.1) is 5.92 Å². The zero-order valence-corrected chi connectivity index (χ0v) is 13.2. The fourth-order valence-electron chi connectivity index (χ4n) is 2.61. The quantitative estimate of drug-likeness (QED) is 0.712. The summed E-state index contributed by atoms with van der Waals surface area (Å²) in [6.45, 7) is 4.26. The van der Waals surface area contributed by atoms with Crippen molar-refractivity contribution in [2.45, 2.75) is 32.7 Å². The molecule has 2 N–H and O–H groups in total. The van der Waals surface area contributed by atoms with E-state index >= 15 is 0 Å². The highest BCUT2D eigenvalue weighted by molar-refractivity contribution is 5.93. The largest absolute Gasteiger partial charge is 0.383 e. The number of rotatable bonds is 7. The average molecular weight is 308 g/mol. The third-order valence-electron chi connectivity index (χ3n) is 3.82. The highest BCUT2D eigenvalue weighted by Gasteiger charge is 2.28. The van der Waals surface area contributed by atoms with Crippen LogP contribution < -0.4 is 10.6 Å². The lowest BCUT2D eigenvalue weighted by Crippen LogP contribution is -2.37. The van der Waals surface area contributed by atoms with Crippen LogP contribution in [-0.4, -0.2) is 48.2 Å². The Bertz CT molecular complexity index is 527. The third-order valence-corrected chi connectivity index (χ3v) is 3.82. The van der Waals surface area contributed by atoms with Crippen LogP contribution in [0.3, 0.4) is 0 Å². The number of carbonyl (C=O) groups excluding carboxylic acids is 2. The van der Waals surface area contributed by atoms with Gasteiger partial charge in [-0.2, -0.15) is 0 Å². The van der Waals surface area contributed by atoms with Crippen LogP contribution >= 0.6 is 0 Å². The molecule has 1 aromatic heterocycles. The van der Waals surface area contributed by atoms with Crippen LogP contribution in [0.25, 0.3) is 0 Å². The fourth-order valence-corrected chi connectivity index (χ4v) is 2.61. The van der Waals surface area contributed by atoms with Crippen molar-refractivity contribution in [3.05, 3.63) is 17.7 Å². The van der Waals surface area contributed by atoms with Gasteiger partial charge in [0.15, 0.2) is 0 Å². The number of nitrogens with one attached hydrogen (secondary N) is 2. The number of hydrogen-bond donors (Lipinski definition) is 2. The number of aromatic nitrogens is 2. The molecular formula is C15H24N4O3. The summed E-state index contributed by atoms with van der Waals surface area (Å²) >= 11 is 0. The van der Waals surface area contributed by atoms with Gasteiger partial charge in [0.1, 0.15) is 5.69 Å². The smallest absolute Gasteiger partial charge is 0.271 e. The van der Waals surface area contributed by atoms with E-state index in [2.05, 4.69) is 15.6 Å². The van der Waals surface area contributed by atoms with Gasteiger partial charge in [0, 0.05) is 26.7 Å². The van der Waals surface area contributed by atoms with Crippen molar-refractivity contribution in [3.63, 3.8) is 0 Å². The number of methoxy groups -OCH3 is 1. The summed E-state index contributed by atoms with van der Waals surface area (Å²) in [6.07, 6.45) is 3.98. The number of nitrogens with zero attached hydrogens (tertiary/aromatic N) is 2. The van der Waals surface area contributed by atoms with Crippen LogP contribution in [0.1, 0.15) is 35.9 Å². The fraction of sp³-hybridized carbons (Fsp3) is 0.667. The van der Waals surface area contributed by atoms with E-state index in [1.807, 2.05) is 11.5 Å². The minimum absolute atomic E-state index is 0.0355. The third kappa shape index (κ3) is 3.85. The molecule has 1 aliphatic rings. The van der Waals surface area contributed by atoms with Crippen LogP contribution in [-0.2, 0) is 22.5 Å². The van der Waals surface area contributed by atoms with Crippen molar-refractivity contribution < 1.29 is 14.3 Å². The van der Waals surface area contributed by atoms with Gasteiger partial charge in [0.05, 0.1) is 24.5 Å². The van der Waals surface area contributed by atoms with Crippen molar-refractivity contribution >= 4 is 11.8 Å².